The van der Waals surface area contributed by atoms with E-state index in [0.717, 1.165) is 17.5 Å². The van der Waals surface area contributed by atoms with E-state index < -0.39 is 4.92 Å². The Kier molecular flexibility index (Phi) is 5.23. The summed E-state index contributed by atoms with van der Waals surface area (Å²) in [6, 6.07) is 16.4. The molecule has 0 bridgehead atoms. The van der Waals surface area contributed by atoms with Gasteiger partial charge in [0.2, 0.25) is 0 Å². The minimum absolute atomic E-state index is 0.113. The molecule has 0 saturated heterocycles. The summed E-state index contributed by atoms with van der Waals surface area (Å²) in [4.78, 5) is 15.5. The standard InChI is InChI=1S/C15H16N2O3/c18-17(19)15-8-6-13(7-9-15)10-11-16-20-12-14-4-2-1-3-5-14/h1-9,16H,10-12H2. The average Bonchev–Trinajstić information content (AvgIpc) is 2.48. The van der Waals surface area contributed by atoms with Gasteiger partial charge in [0.1, 0.15) is 0 Å². The van der Waals surface area contributed by atoms with Crippen LogP contribution in [-0.2, 0) is 17.9 Å². The van der Waals surface area contributed by atoms with Crippen molar-refractivity contribution >= 4 is 5.69 Å². The van der Waals surface area contributed by atoms with Gasteiger partial charge in [0.25, 0.3) is 5.69 Å². The predicted octanol–water partition coefficient (Wildman–Crippen LogP) is 2.86. The molecule has 1 N–H and O–H groups in total. The van der Waals surface area contributed by atoms with E-state index in [1.165, 1.54) is 12.1 Å². The number of nitro groups is 1. The van der Waals surface area contributed by atoms with Gasteiger partial charge < -0.3 is 0 Å². The van der Waals surface area contributed by atoms with Crippen LogP contribution in [0, 0.1) is 10.1 Å². The molecule has 0 atom stereocenters. The topological polar surface area (TPSA) is 64.4 Å². The molecule has 2 rings (SSSR count). The molecule has 104 valence electrons. The Bertz CT molecular complexity index is 541. The molecule has 0 spiro atoms. The van der Waals surface area contributed by atoms with Crippen molar-refractivity contribution in [2.75, 3.05) is 6.54 Å². The normalized spacial score (nSPS) is 10.4. The highest BCUT2D eigenvalue weighted by Crippen LogP contribution is 2.11. The highest BCUT2D eigenvalue weighted by Gasteiger charge is 2.03. The molecule has 0 heterocycles. The molecule has 0 aromatic heterocycles. The van der Waals surface area contributed by atoms with Crippen LogP contribution in [0.15, 0.2) is 54.6 Å². The van der Waals surface area contributed by atoms with E-state index in [0.29, 0.717) is 13.2 Å². The zero-order valence-electron chi connectivity index (χ0n) is 11.0. The Hall–Kier alpha value is -2.24. The highest BCUT2D eigenvalue weighted by atomic mass is 16.6. The summed E-state index contributed by atoms with van der Waals surface area (Å²) in [6.45, 7) is 1.17. The van der Waals surface area contributed by atoms with E-state index in [4.69, 9.17) is 4.84 Å². The first kappa shape index (κ1) is 14.2. The van der Waals surface area contributed by atoms with Gasteiger partial charge in [-0.05, 0) is 17.5 Å². The number of hydrogen-bond acceptors (Lipinski definition) is 4. The van der Waals surface area contributed by atoms with Gasteiger partial charge in [0, 0.05) is 18.7 Å². The van der Waals surface area contributed by atoms with Crippen LogP contribution in [-0.4, -0.2) is 11.5 Å². The lowest BCUT2D eigenvalue weighted by Crippen LogP contribution is -2.17. The predicted molar refractivity (Wildman–Crippen MR) is 76.0 cm³/mol. The first-order valence-electron chi connectivity index (χ1n) is 6.37. The van der Waals surface area contributed by atoms with Crippen LogP contribution >= 0.6 is 0 Å². The second-order valence-electron chi connectivity index (χ2n) is 4.34. The van der Waals surface area contributed by atoms with Crippen LogP contribution in [0.1, 0.15) is 11.1 Å². The molecule has 2 aromatic carbocycles. The van der Waals surface area contributed by atoms with Crippen molar-refractivity contribution in [3.05, 3.63) is 75.8 Å². The van der Waals surface area contributed by atoms with Gasteiger partial charge in [0.15, 0.2) is 0 Å². The van der Waals surface area contributed by atoms with Crippen molar-refractivity contribution in [1.29, 1.82) is 0 Å². The summed E-state index contributed by atoms with van der Waals surface area (Å²) in [7, 11) is 0. The molecule has 20 heavy (non-hydrogen) atoms. The van der Waals surface area contributed by atoms with Gasteiger partial charge in [0.05, 0.1) is 11.5 Å². The molecule has 0 amide bonds. The fraction of sp³-hybridized carbons (Fsp3) is 0.200. The molecule has 0 saturated carbocycles. The zero-order chi connectivity index (χ0) is 14.2. The Morgan fingerprint density at radius 3 is 2.35 bits per heavy atom. The lowest BCUT2D eigenvalue weighted by molar-refractivity contribution is -0.384. The molecule has 0 radical (unpaired) electrons. The molecule has 0 aliphatic rings. The molecule has 0 aliphatic carbocycles. The number of rotatable bonds is 7. The number of nitrogens with one attached hydrogen (secondary N) is 1. The molecule has 5 nitrogen and oxygen atoms in total. The fourth-order valence-corrected chi connectivity index (χ4v) is 1.76. The third kappa shape index (κ3) is 4.46. The van der Waals surface area contributed by atoms with Gasteiger partial charge in [-0.25, -0.2) is 5.48 Å². The number of hydroxylamine groups is 1. The Morgan fingerprint density at radius 1 is 1.00 bits per heavy atom. The molecule has 5 heteroatoms. The summed E-state index contributed by atoms with van der Waals surface area (Å²) < 4.78 is 0. The smallest absolute Gasteiger partial charge is 0.269 e. The first-order valence-corrected chi connectivity index (χ1v) is 6.37. The maximum Gasteiger partial charge on any atom is 0.269 e. The fourth-order valence-electron chi connectivity index (χ4n) is 1.76. The minimum atomic E-state index is -0.398. The second kappa shape index (κ2) is 7.37. The number of benzene rings is 2. The highest BCUT2D eigenvalue weighted by molar-refractivity contribution is 5.32. The number of nitrogens with zero attached hydrogens (tertiary/aromatic N) is 1. The third-order valence-electron chi connectivity index (χ3n) is 2.85. The zero-order valence-corrected chi connectivity index (χ0v) is 11.0. The van der Waals surface area contributed by atoms with Crippen molar-refractivity contribution in [2.24, 2.45) is 0 Å². The van der Waals surface area contributed by atoms with Crippen molar-refractivity contribution in [3.8, 4) is 0 Å². The third-order valence-corrected chi connectivity index (χ3v) is 2.85. The van der Waals surface area contributed by atoms with Crippen LogP contribution in [0.3, 0.4) is 0 Å². The summed E-state index contributed by atoms with van der Waals surface area (Å²) in [5.41, 5.74) is 5.14. The van der Waals surface area contributed by atoms with E-state index in [-0.39, 0.29) is 5.69 Å². The molecular formula is C15H16N2O3. The van der Waals surface area contributed by atoms with Crippen LogP contribution in [0.4, 0.5) is 5.69 Å². The molecule has 2 aromatic rings. The lowest BCUT2D eigenvalue weighted by atomic mass is 10.1. The van der Waals surface area contributed by atoms with E-state index in [1.807, 2.05) is 30.3 Å². The Labute approximate surface area is 117 Å². The van der Waals surface area contributed by atoms with Crippen molar-refractivity contribution in [3.63, 3.8) is 0 Å². The summed E-state index contributed by atoms with van der Waals surface area (Å²) in [6.07, 6.45) is 0.757. The number of nitro benzene ring substituents is 1. The summed E-state index contributed by atoms with van der Waals surface area (Å²) in [5.74, 6) is 0. The first-order chi connectivity index (χ1) is 9.75. The van der Waals surface area contributed by atoms with E-state index in [1.54, 1.807) is 12.1 Å². The minimum Gasteiger partial charge on any atom is -0.297 e. The van der Waals surface area contributed by atoms with Crippen LogP contribution in [0.25, 0.3) is 0 Å². The van der Waals surface area contributed by atoms with Gasteiger partial charge in [-0.1, -0.05) is 42.5 Å². The van der Waals surface area contributed by atoms with Crippen LogP contribution < -0.4 is 5.48 Å². The van der Waals surface area contributed by atoms with Gasteiger partial charge in [-0.2, -0.15) is 0 Å². The molecule has 0 fully saturated rings. The Morgan fingerprint density at radius 2 is 1.70 bits per heavy atom. The van der Waals surface area contributed by atoms with Crippen molar-refractivity contribution < 1.29 is 9.76 Å². The lowest BCUT2D eigenvalue weighted by Gasteiger charge is -2.06. The van der Waals surface area contributed by atoms with Gasteiger partial charge in [-0.3, -0.25) is 15.0 Å². The van der Waals surface area contributed by atoms with Crippen LogP contribution in [0.2, 0.25) is 0 Å². The molecular weight excluding hydrogens is 256 g/mol. The van der Waals surface area contributed by atoms with E-state index in [9.17, 15) is 10.1 Å². The maximum atomic E-state index is 10.5. The van der Waals surface area contributed by atoms with Crippen LogP contribution in [0.5, 0.6) is 0 Å². The van der Waals surface area contributed by atoms with E-state index in [2.05, 4.69) is 5.48 Å². The van der Waals surface area contributed by atoms with Crippen molar-refractivity contribution in [2.45, 2.75) is 13.0 Å². The molecule has 0 unspecified atom stereocenters. The summed E-state index contributed by atoms with van der Waals surface area (Å²) >= 11 is 0. The monoisotopic (exact) mass is 272 g/mol. The maximum absolute atomic E-state index is 10.5. The quantitative estimate of drug-likeness (QED) is 0.478. The second-order valence-corrected chi connectivity index (χ2v) is 4.34. The molecule has 0 aliphatic heterocycles. The van der Waals surface area contributed by atoms with Gasteiger partial charge >= 0.3 is 0 Å². The SMILES string of the molecule is O=[N+]([O-])c1ccc(CCNOCc2ccccc2)cc1. The summed E-state index contributed by atoms with van der Waals surface area (Å²) in [5, 5.41) is 10.5. The van der Waals surface area contributed by atoms with E-state index >= 15 is 0 Å². The van der Waals surface area contributed by atoms with Crippen molar-refractivity contribution in [1.82, 2.24) is 5.48 Å². The number of non-ortho nitro benzene ring substituents is 1. The number of hydrogen-bond donors (Lipinski definition) is 1. The van der Waals surface area contributed by atoms with Gasteiger partial charge in [-0.15, -0.1) is 0 Å². The average molecular weight is 272 g/mol. The largest absolute Gasteiger partial charge is 0.297 e. The Balaban J connectivity index is 1.67.